The van der Waals surface area contributed by atoms with Crippen LogP contribution in [-0.2, 0) is 19.1 Å². The topological polar surface area (TPSA) is 72.5 Å². The molecule has 1 aliphatic carbocycles. The van der Waals surface area contributed by atoms with Gasteiger partial charge in [0.05, 0.1) is 6.61 Å². The fourth-order valence-corrected chi connectivity index (χ4v) is 5.06. The number of ketones is 1. The minimum atomic E-state index is -0.876. The molecule has 0 unspecified atom stereocenters. The van der Waals surface area contributed by atoms with Gasteiger partial charge >= 0.3 is 5.97 Å². The number of ether oxygens (including phenoxy) is 1. The Kier molecular flexibility index (Phi) is 5.13. The Balaban J connectivity index is 1.81. The molecule has 0 bridgehead atoms. The molecule has 144 valence electrons. The first kappa shape index (κ1) is 18.6. The highest BCUT2D eigenvalue weighted by Gasteiger charge is 2.47. The summed E-state index contributed by atoms with van der Waals surface area (Å²) in [6, 6.07) is 13.4. The van der Waals surface area contributed by atoms with E-state index in [9.17, 15) is 14.4 Å². The third-order valence-electron chi connectivity index (χ3n) is 5.38. The van der Waals surface area contributed by atoms with Crippen LogP contribution in [-0.4, -0.2) is 24.3 Å². The van der Waals surface area contributed by atoms with Gasteiger partial charge in [0.25, 0.3) is 0 Å². The van der Waals surface area contributed by atoms with Gasteiger partial charge in [0, 0.05) is 34.4 Å². The Morgan fingerprint density at radius 2 is 1.93 bits per heavy atom. The van der Waals surface area contributed by atoms with E-state index in [0.717, 1.165) is 10.4 Å². The number of amides is 1. The molecule has 3 atom stereocenters. The summed E-state index contributed by atoms with van der Waals surface area (Å²) >= 11 is 1.51. The summed E-state index contributed by atoms with van der Waals surface area (Å²) in [4.78, 5) is 39.6. The predicted octanol–water partition coefficient (Wildman–Crippen LogP) is 3.54. The summed E-state index contributed by atoms with van der Waals surface area (Å²) in [5.41, 5.74) is 2.11. The fourth-order valence-electron chi connectivity index (χ4n) is 4.19. The van der Waals surface area contributed by atoms with Crippen LogP contribution in [0, 0.1) is 5.92 Å². The van der Waals surface area contributed by atoms with Gasteiger partial charge in [-0.1, -0.05) is 36.4 Å². The van der Waals surface area contributed by atoms with Crippen molar-refractivity contribution in [3.8, 4) is 0 Å². The van der Waals surface area contributed by atoms with Crippen LogP contribution in [0.2, 0.25) is 0 Å². The fraction of sp³-hybridized carbons (Fsp3) is 0.318. The van der Waals surface area contributed by atoms with Crippen LogP contribution >= 0.6 is 11.3 Å². The van der Waals surface area contributed by atoms with E-state index in [1.807, 2.05) is 47.8 Å². The summed E-state index contributed by atoms with van der Waals surface area (Å²) < 4.78 is 5.26. The van der Waals surface area contributed by atoms with E-state index in [4.69, 9.17) is 4.74 Å². The number of hydrogen-bond acceptors (Lipinski definition) is 5. The van der Waals surface area contributed by atoms with E-state index in [1.54, 1.807) is 6.92 Å². The normalized spacial score (nSPS) is 24.5. The molecule has 1 aromatic heterocycles. The molecule has 0 fully saturated rings. The summed E-state index contributed by atoms with van der Waals surface area (Å²) in [5, 5.41) is 4.83. The number of thiophene rings is 1. The average Bonchev–Trinajstić information content (AvgIpc) is 3.22. The lowest BCUT2D eigenvalue weighted by molar-refractivity contribution is -0.152. The van der Waals surface area contributed by atoms with Crippen molar-refractivity contribution >= 4 is 29.0 Å². The second-order valence-electron chi connectivity index (χ2n) is 7.03. The number of carbonyl (C=O) groups is 3. The van der Waals surface area contributed by atoms with E-state index in [-0.39, 0.29) is 36.6 Å². The highest BCUT2D eigenvalue weighted by Crippen LogP contribution is 2.46. The predicted molar refractivity (Wildman–Crippen MR) is 106 cm³/mol. The molecule has 1 amide bonds. The Hall–Kier alpha value is -2.73. The molecule has 5 nitrogen and oxygen atoms in total. The number of nitrogens with one attached hydrogen (secondary N) is 1. The second-order valence-corrected chi connectivity index (χ2v) is 8.01. The molecule has 2 heterocycles. The molecule has 1 aromatic carbocycles. The van der Waals surface area contributed by atoms with Gasteiger partial charge < -0.3 is 10.1 Å². The van der Waals surface area contributed by atoms with Crippen molar-refractivity contribution in [2.24, 2.45) is 5.92 Å². The molecule has 0 saturated heterocycles. The van der Waals surface area contributed by atoms with E-state index >= 15 is 0 Å². The van der Waals surface area contributed by atoms with Crippen LogP contribution in [0.5, 0.6) is 0 Å². The van der Waals surface area contributed by atoms with Gasteiger partial charge in [0.1, 0.15) is 5.92 Å². The first-order chi connectivity index (χ1) is 13.6. The van der Waals surface area contributed by atoms with Gasteiger partial charge in [-0.2, -0.15) is 0 Å². The van der Waals surface area contributed by atoms with E-state index in [2.05, 4.69) is 5.32 Å². The number of carbonyl (C=O) groups excluding carboxylic acids is 3. The number of Topliss-reactive ketones (excluding diaryl/α,β-unsaturated/α-hetero) is 1. The molecule has 1 N–H and O–H groups in total. The summed E-state index contributed by atoms with van der Waals surface area (Å²) in [5.74, 6) is -2.34. The largest absolute Gasteiger partial charge is 0.465 e. The number of benzene rings is 1. The summed E-state index contributed by atoms with van der Waals surface area (Å²) in [7, 11) is 0. The molecule has 0 spiro atoms. The Morgan fingerprint density at radius 1 is 1.14 bits per heavy atom. The average molecular weight is 395 g/mol. The maximum absolute atomic E-state index is 13.6. The molecule has 28 heavy (non-hydrogen) atoms. The zero-order chi connectivity index (χ0) is 19.7. The molecule has 0 radical (unpaired) electrons. The Bertz CT molecular complexity index is 933. The maximum atomic E-state index is 13.6. The smallest absolute Gasteiger partial charge is 0.317 e. The molecule has 2 aromatic rings. The van der Waals surface area contributed by atoms with Crippen molar-refractivity contribution in [3.05, 3.63) is 69.6 Å². The van der Waals surface area contributed by atoms with Crippen LogP contribution in [0.25, 0.3) is 0 Å². The lowest BCUT2D eigenvalue weighted by Crippen LogP contribution is -2.44. The molecule has 2 aliphatic rings. The van der Waals surface area contributed by atoms with Gasteiger partial charge in [-0.3, -0.25) is 14.4 Å². The molecular weight excluding hydrogens is 374 g/mol. The lowest BCUT2D eigenvalue weighted by atomic mass is 9.69. The van der Waals surface area contributed by atoms with Crippen LogP contribution in [0.3, 0.4) is 0 Å². The van der Waals surface area contributed by atoms with Crippen LogP contribution < -0.4 is 5.32 Å². The third kappa shape index (κ3) is 3.29. The van der Waals surface area contributed by atoms with Crippen molar-refractivity contribution < 1.29 is 19.1 Å². The van der Waals surface area contributed by atoms with Gasteiger partial charge in [0.15, 0.2) is 5.78 Å². The number of allylic oxidation sites excluding steroid dienone is 2. The number of rotatable bonds is 4. The van der Waals surface area contributed by atoms with Gasteiger partial charge in [0.2, 0.25) is 5.91 Å². The minimum Gasteiger partial charge on any atom is -0.465 e. The number of esters is 1. The van der Waals surface area contributed by atoms with E-state index in [0.29, 0.717) is 17.7 Å². The maximum Gasteiger partial charge on any atom is 0.317 e. The monoisotopic (exact) mass is 395 g/mol. The second kappa shape index (κ2) is 7.72. The Labute approximate surface area is 167 Å². The van der Waals surface area contributed by atoms with Gasteiger partial charge in [-0.25, -0.2) is 0 Å². The third-order valence-corrected chi connectivity index (χ3v) is 6.38. The SMILES string of the molecule is CCOC(=O)[C@H]1C(=O)C2=C(C[C@@H]1c1cccs1)NC(=O)C[C@H]2c1ccccc1. The number of hydrogen-bond donors (Lipinski definition) is 1. The van der Waals surface area contributed by atoms with Crippen LogP contribution in [0.15, 0.2) is 59.1 Å². The summed E-state index contributed by atoms with van der Waals surface area (Å²) in [6.07, 6.45) is 0.647. The first-order valence-corrected chi connectivity index (χ1v) is 10.3. The minimum absolute atomic E-state index is 0.0973. The molecule has 0 saturated carbocycles. The van der Waals surface area contributed by atoms with Gasteiger partial charge in [-0.15, -0.1) is 11.3 Å². The summed E-state index contributed by atoms with van der Waals surface area (Å²) in [6.45, 7) is 1.97. The Morgan fingerprint density at radius 3 is 2.61 bits per heavy atom. The molecule has 1 aliphatic heterocycles. The van der Waals surface area contributed by atoms with Crippen LogP contribution in [0.4, 0.5) is 0 Å². The molecule has 6 heteroatoms. The molecule has 4 rings (SSSR count). The standard InChI is InChI=1S/C22H21NO4S/c1-2-27-22(26)20-15(17-9-6-10-28-17)11-16-19(21(20)25)14(12-18(24)23-16)13-7-4-3-5-8-13/h3-10,14-15,20H,2,11-12H2,1H3,(H,23,24)/t14-,15+,20+/m0/s1. The lowest BCUT2D eigenvalue weighted by Gasteiger charge is -2.37. The first-order valence-electron chi connectivity index (χ1n) is 9.42. The van der Waals surface area contributed by atoms with Crippen molar-refractivity contribution in [2.45, 2.75) is 31.6 Å². The van der Waals surface area contributed by atoms with Crippen molar-refractivity contribution in [3.63, 3.8) is 0 Å². The van der Waals surface area contributed by atoms with Crippen molar-refractivity contribution in [1.82, 2.24) is 5.32 Å². The highest BCUT2D eigenvalue weighted by atomic mass is 32.1. The molecular formula is C22H21NO4S. The zero-order valence-electron chi connectivity index (χ0n) is 15.5. The van der Waals surface area contributed by atoms with Crippen molar-refractivity contribution in [1.29, 1.82) is 0 Å². The van der Waals surface area contributed by atoms with E-state index in [1.165, 1.54) is 11.3 Å². The quantitative estimate of drug-likeness (QED) is 0.635. The highest BCUT2D eigenvalue weighted by molar-refractivity contribution is 7.10. The van der Waals surface area contributed by atoms with Crippen molar-refractivity contribution in [2.75, 3.05) is 6.61 Å². The van der Waals surface area contributed by atoms with E-state index < -0.39 is 11.9 Å². The van der Waals surface area contributed by atoms with Crippen LogP contribution in [0.1, 0.15) is 42.0 Å². The van der Waals surface area contributed by atoms with Gasteiger partial charge in [-0.05, 0) is 30.4 Å². The zero-order valence-corrected chi connectivity index (χ0v) is 16.3.